The summed E-state index contributed by atoms with van der Waals surface area (Å²) in [6.07, 6.45) is 1.53. The quantitative estimate of drug-likeness (QED) is 0.414. The minimum Gasteiger partial charge on any atom is -0.463 e. The molecule has 0 saturated heterocycles. The number of amides is 1. The molecule has 9 heteroatoms. The maximum absolute atomic E-state index is 12.8. The number of hydrogen-bond acceptors (Lipinski definition) is 8. The average molecular weight is 430 g/mol. The van der Waals surface area contributed by atoms with Gasteiger partial charge in [0.15, 0.2) is 12.4 Å². The van der Waals surface area contributed by atoms with Crippen LogP contribution in [0.4, 0.5) is 5.69 Å². The highest BCUT2D eigenvalue weighted by molar-refractivity contribution is 7.00. The van der Waals surface area contributed by atoms with Crippen molar-refractivity contribution in [1.29, 1.82) is 0 Å². The van der Waals surface area contributed by atoms with E-state index in [-0.39, 0.29) is 0 Å². The Hall–Kier alpha value is -4.11. The molecule has 0 atom stereocenters. The molecule has 3 aromatic heterocycles. The normalized spacial score (nSPS) is 11.0. The van der Waals surface area contributed by atoms with E-state index in [0.717, 1.165) is 11.7 Å². The zero-order valence-corrected chi connectivity index (χ0v) is 16.8. The first-order valence-corrected chi connectivity index (χ1v) is 10.0. The van der Waals surface area contributed by atoms with Gasteiger partial charge in [-0.1, -0.05) is 24.3 Å². The lowest BCUT2D eigenvalue weighted by Crippen LogP contribution is -2.21. The second-order valence-corrected chi connectivity index (χ2v) is 7.14. The fraction of sp³-hybridized carbons (Fsp3) is 0.0455. The van der Waals surface area contributed by atoms with Crippen LogP contribution in [0, 0.1) is 0 Å². The molecule has 2 aromatic carbocycles. The van der Waals surface area contributed by atoms with Crippen LogP contribution in [0.15, 0.2) is 71.3 Å². The van der Waals surface area contributed by atoms with Crippen molar-refractivity contribution in [3.63, 3.8) is 0 Å². The van der Waals surface area contributed by atoms with E-state index in [0.29, 0.717) is 44.6 Å². The number of nitrogens with one attached hydrogen (secondary N) is 1. The number of para-hydroxylation sites is 1. The van der Waals surface area contributed by atoms with Gasteiger partial charge in [-0.15, -0.1) is 0 Å². The number of nitrogens with zero attached hydrogens (tertiary/aromatic N) is 3. The third kappa shape index (κ3) is 3.74. The lowest BCUT2D eigenvalue weighted by molar-refractivity contribution is -0.119. The van der Waals surface area contributed by atoms with Crippen molar-refractivity contribution in [2.45, 2.75) is 0 Å². The number of benzene rings is 2. The summed E-state index contributed by atoms with van der Waals surface area (Å²) >= 11 is 1.06. The van der Waals surface area contributed by atoms with E-state index in [1.807, 2.05) is 12.1 Å². The van der Waals surface area contributed by atoms with Gasteiger partial charge in [0.1, 0.15) is 16.7 Å². The fourth-order valence-corrected chi connectivity index (χ4v) is 3.75. The van der Waals surface area contributed by atoms with Crippen LogP contribution in [0.1, 0.15) is 10.4 Å². The Kier molecular flexibility index (Phi) is 4.85. The first-order chi connectivity index (χ1) is 15.2. The number of rotatable bonds is 5. The third-order valence-corrected chi connectivity index (χ3v) is 5.15. The van der Waals surface area contributed by atoms with Gasteiger partial charge in [0, 0.05) is 5.39 Å². The van der Waals surface area contributed by atoms with Crippen LogP contribution < -0.4 is 5.32 Å². The molecule has 0 unspecified atom stereocenters. The maximum Gasteiger partial charge on any atom is 0.339 e. The summed E-state index contributed by atoms with van der Waals surface area (Å²) < 4.78 is 19.0. The number of esters is 1. The van der Waals surface area contributed by atoms with E-state index in [9.17, 15) is 9.59 Å². The molecular formula is C22H14N4O4S. The van der Waals surface area contributed by atoms with E-state index >= 15 is 0 Å². The Bertz CT molecular complexity index is 1410. The van der Waals surface area contributed by atoms with E-state index in [2.05, 4.69) is 19.0 Å². The summed E-state index contributed by atoms with van der Waals surface area (Å²) in [5.41, 5.74) is 3.22. The molecule has 0 aliphatic carbocycles. The van der Waals surface area contributed by atoms with E-state index in [1.54, 1.807) is 48.5 Å². The molecule has 1 amide bonds. The summed E-state index contributed by atoms with van der Waals surface area (Å²) in [6, 6.07) is 17.6. The molecule has 5 rings (SSSR count). The van der Waals surface area contributed by atoms with Crippen LogP contribution in [0.2, 0.25) is 0 Å². The molecule has 0 fully saturated rings. The number of aromatic nitrogens is 3. The SMILES string of the molecule is O=C(COC(=O)c1cc(-c2ccco2)nc2ccccc12)Nc1cccc2nsnc12. The molecule has 0 aliphatic rings. The van der Waals surface area contributed by atoms with Crippen molar-refractivity contribution in [2.75, 3.05) is 11.9 Å². The second-order valence-electron chi connectivity index (χ2n) is 6.61. The average Bonchev–Trinajstić information content (AvgIpc) is 3.49. The number of furan rings is 1. The lowest BCUT2D eigenvalue weighted by Gasteiger charge is -2.10. The highest BCUT2D eigenvalue weighted by atomic mass is 32.1. The molecule has 3 heterocycles. The number of fused-ring (bicyclic) bond motifs is 2. The van der Waals surface area contributed by atoms with Gasteiger partial charge in [0.05, 0.1) is 34.8 Å². The standard InChI is InChI=1S/C22H14N4O4S/c27-20(24-16-7-3-8-17-21(16)26-31-25-17)12-30-22(28)14-11-18(19-9-4-10-29-19)23-15-6-2-1-5-13(14)15/h1-11H,12H2,(H,24,27). The van der Waals surface area contributed by atoms with E-state index < -0.39 is 18.5 Å². The minimum absolute atomic E-state index is 0.301. The van der Waals surface area contributed by atoms with E-state index in [1.165, 1.54) is 6.26 Å². The summed E-state index contributed by atoms with van der Waals surface area (Å²) in [6.45, 7) is -0.445. The third-order valence-electron chi connectivity index (χ3n) is 4.60. The van der Waals surface area contributed by atoms with Crippen molar-refractivity contribution in [2.24, 2.45) is 0 Å². The molecule has 31 heavy (non-hydrogen) atoms. The lowest BCUT2D eigenvalue weighted by atomic mass is 10.1. The van der Waals surface area contributed by atoms with Crippen LogP contribution >= 0.6 is 11.7 Å². The molecule has 0 radical (unpaired) electrons. The molecule has 5 aromatic rings. The Balaban J connectivity index is 1.36. The van der Waals surface area contributed by atoms with Gasteiger partial charge in [-0.3, -0.25) is 4.79 Å². The van der Waals surface area contributed by atoms with Crippen LogP contribution in [-0.4, -0.2) is 32.2 Å². The van der Waals surface area contributed by atoms with Crippen LogP contribution in [0.5, 0.6) is 0 Å². The van der Waals surface area contributed by atoms with Gasteiger partial charge in [0.2, 0.25) is 0 Å². The van der Waals surface area contributed by atoms with Crippen molar-refractivity contribution >= 4 is 51.2 Å². The van der Waals surface area contributed by atoms with Crippen LogP contribution in [0.3, 0.4) is 0 Å². The predicted molar refractivity (Wildman–Crippen MR) is 116 cm³/mol. The molecule has 1 N–H and O–H groups in total. The number of ether oxygens (including phenoxy) is 1. The number of carbonyl (C=O) groups is 2. The summed E-state index contributed by atoms with van der Waals surface area (Å²) in [5, 5.41) is 3.34. The Labute approximate surface area is 179 Å². The van der Waals surface area contributed by atoms with Gasteiger partial charge >= 0.3 is 5.97 Å². The van der Waals surface area contributed by atoms with Crippen LogP contribution in [-0.2, 0) is 9.53 Å². The molecular weight excluding hydrogens is 416 g/mol. The number of anilines is 1. The van der Waals surface area contributed by atoms with Crippen molar-refractivity contribution in [3.05, 3.63) is 72.5 Å². The molecule has 152 valence electrons. The summed E-state index contributed by atoms with van der Waals surface area (Å²) in [7, 11) is 0. The summed E-state index contributed by atoms with van der Waals surface area (Å²) in [5.74, 6) is -0.573. The molecule has 0 bridgehead atoms. The predicted octanol–water partition coefficient (Wildman–Crippen LogP) is 4.30. The van der Waals surface area contributed by atoms with Crippen molar-refractivity contribution in [3.8, 4) is 11.5 Å². The smallest absolute Gasteiger partial charge is 0.339 e. The monoisotopic (exact) mass is 430 g/mol. The van der Waals surface area contributed by atoms with Gasteiger partial charge < -0.3 is 14.5 Å². The minimum atomic E-state index is -0.630. The van der Waals surface area contributed by atoms with Gasteiger partial charge in [-0.2, -0.15) is 8.75 Å². The second kappa shape index (κ2) is 7.96. The highest BCUT2D eigenvalue weighted by Crippen LogP contribution is 2.26. The van der Waals surface area contributed by atoms with Crippen molar-refractivity contribution < 1.29 is 18.7 Å². The molecule has 0 saturated carbocycles. The zero-order chi connectivity index (χ0) is 21.2. The zero-order valence-electron chi connectivity index (χ0n) is 15.9. The van der Waals surface area contributed by atoms with Gasteiger partial charge in [0.25, 0.3) is 5.91 Å². The Morgan fingerprint density at radius 1 is 1.00 bits per heavy atom. The first kappa shape index (κ1) is 18.9. The number of carbonyl (C=O) groups excluding carboxylic acids is 2. The molecule has 0 aliphatic heterocycles. The van der Waals surface area contributed by atoms with Crippen LogP contribution in [0.25, 0.3) is 33.4 Å². The van der Waals surface area contributed by atoms with Crippen molar-refractivity contribution in [1.82, 2.24) is 13.7 Å². The fourth-order valence-electron chi connectivity index (χ4n) is 3.20. The molecule has 8 nitrogen and oxygen atoms in total. The highest BCUT2D eigenvalue weighted by Gasteiger charge is 2.18. The van der Waals surface area contributed by atoms with Gasteiger partial charge in [-0.05, 0) is 36.4 Å². The molecule has 0 spiro atoms. The Morgan fingerprint density at radius 2 is 1.87 bits per heavy atom. The van der Waals surface area contributed by atoms with Gasteiger partial charge in [-0.25, -0.2) is 9.78 Å². The first-order valence-electron chi connectivity index (χ1n) is 9.31. The maximum atomic E-state index is 12.8. The topological polar surface area (TPSA) is 107 Å². The Morgan fingerprint density at radius 3 is 2.74 bits per heavy atom. The summed E-state index contributed by atoms with van der Waals surface area (Å²) in [4.78, 5) is 29.7. The van der Waals surface area contributed by atoms with E-state index in [4.69, 9.17) is 9.15 Å². The number of hydrogen-bond donors (Lipinski definition) is 1. The number of pyridine rings is 1. The largest absolute Gasteiger partial charge is 0.463 e.